The topological polar surface area (TPSA) is 67.9 Å². The van der Waals surface area contributed by atoms with Gasteiger partial charge in [-0.1, -0.05) is 15.9 Å². The zero-order valence-electron chi connectivity index (χ0n) is 15.9. The molecule has 148 valence electrons. The highest BCUT2D eigenvalue weighted by molar-refractivity contribution is 9.10. The van der Waals surface area contributed by atoms with Crippen LogP contribution in [0.3, 0.4) is 0 Å². The van der Waals surface area contributed by atoms with Gasteiger partial charge in [-0.3, -0.25) is 9.59 Å². The Hall–Kier alpha value is -2.54. The van der Waals surface area contributed by atoms with Crippen LogP contribution in [0.5, 0.6) is 11.5 Å². The van der Waals surface area contributed by atoms with Gasteiger partial charge < -0.3 is 19.7 Å². The van der Waals surface area contributed by atoms with E-state index in [0.717, 1.165) is 34.4 Å². The molecule has 1 unspecified atom stereocenters. The number of hydrogen-bond acceptors (Lipinski definition) is 4. The normalized spacial score (nSPS) is 16.0. The fraction of sp³-hybridized carbons (Fsp3) is 0.333. The van der Waals surface area contributed by atoms with Crippen LogP contribution in [-0.2, 0) is 4.79 Å². The Morgan fingerprint density at radius 3 is 2.57 bits per heavy atom. The van der Waals surface area contributed by atoms with Crippen LogP contribution in [-0.4, -0.2) is 44.0 Å². The van der Waals surface area contributed by atoms with E-state index in [4.69, 9.17) is 9.47 Å². The number of methoxy groups -OCH3 is 2. The molecule has 0 bridgehead atoms. The second-order valence-electron chi connectivity index (χ2n) is 6.54. The highest BCUT2D eigenvalue weighted by Gasteiger charge is 2.32. The monoisotopic (exact) mass is 446 g/mol. The summed E-state index contributed by atoms with van der Waals surface area (Å²) in [7, 11) is 3.23. The van der Waals surface area contributed by atoms with Gasteiger partial charge in [-0.05, 0) is 55.3 Å². The summed E-state index contributed by atoms with van der Waals surface area (Å²) in [5.74, 6) is 1.07. The molecule has 0 radical (unpaired) electrons. The second-order valence-corrected chi connectivity index (χ2v) is 7.46. The van der Waals surface area contributed by atoms with Crippen molar-refractivity contribution in [1.82, 2.24) is 10.2 Å². The van der Waals surface area contributed by atoms with E-state index in [0.29, 0.717) is 12.1 Å². The number of rotatable bonds is 6. The minimum atomic E-state index is -0.268. The minimum absolute atomic E-state index is 0.0440. The van der Waals surface area contributed by atoms with Gasteiger partial charge in [-0.15, -0.1) is 0 Å². The lowest BCUT2D eigenvalue weighted by Gasteiger charge is -2.27. The predicted octanol–water partition coefficient (Wildman–Crippen LogP) is 3.56. The molecule has 0 aromatic heterocycles. The predicted molar refractivity (Wildman–Crippen MR) is 110 cm³/mol. The van der Waals surface area contributed by atoms with Crippen LogP contribution in [0, 0.1) is 0 Å². The first-order chi connectivity index (χ1) is 13.5. The molecule has 2 amide bonds. The van der Waals surface area contributed by atoms with Gasteiger partial charge >= 0.3 is 0 Å². The minimum Gasteiger partial charge on any atom is -0.497 e. The largest absolute Gasteiger partial charge is 0.497 e. The molecule has 2 aromatic carbocycles. The third kappa shape index (κ3) is 4.47. The molecule has 1 atom stereocenters. The van der Waals surface area contributed by atoms with Crippen molar-refractivity contribution in [3.8, 4) is 11.5 Å². The van der Waals surface area contributed by atoms with Gasteiger partial charge in [-0.25, -0.2) is 0 Å². The molecule has 1 aliphatic rings. The summed E-state index contributed by atoms with van der Waals surface area (Å²) in [5, 5.41) is 2.72. The Morgan fingerprint density at radius 1 is 1.14 bits per heavy atom. The maximum atomic E-state index is 12.8. The lowest BCUT2D eigenvalue weighted by molar-refractivity contribution is -0.131. The fourth-order valence-electron chi connectivity index (χ4n) is 3.45. The van der Waals surface area contributed by atoms with Crippen LogP contribution < -0.4 is 14.8 Å². The van der Waals surface area contributed by atoms with Gasteiger partial charge in [0, 0.05) is 22.1 Å². The van der Waals surface area contributed by atoms with Crippen molar-refractivity contribution in [1.29, 1.82) is 0 Å². The number of hydrogen-bond donors (Lipinski definition) is 1. The first-order valence-electron chi connectivity index (χ1n) is 9.08. The van der Waals surface area contributed by atoms with Crippen molar-refractivity contribution in [3.63, 3.8) is 0 Å². The highest BCUT2D eigenvalue weighted by Crippen LogP contribution is 2.38. The van der Waals surface area contributed by atoms with E-state index in [1.807, 2.05) is 18.2 Å². The summed E-state index contributed by atoms with van der Waals surface area (Å²) in [4.78, 5) is 26.9. The fourth-order valence-corrected chi connectivity index (χ4v) is 3.71. The number of nitrogens with one attached hydrogen (secondary N) is 1. The second kappa shape index (κ2) is 9.10. The molecule has 1 saturated heterocycles. The van der Waals surface area contributed by atoms with E-state index in [1.165, 1.54) is 0 Å². The van der Waals surface area contributed by atoms with E-state index in [-0.39, 0.29) is 24.4 Å². The van der Waals surface area contributed by atoms with Crippen molar-refractivity contribution >= 4 is 27.7 Å². The molecule has 1 heterocycles. The third-order valence-corrected chi connectivity index (χ3v) is 5.40. The molecule has 0 aliphatic carbocycles. The average molecular weight is 447 g/mol. The molecule has 0 spiro atoms. The number of carbonyl (C=O) groups is 2. The average Bonchev–Trinajstić information content (AvgIpc) is 3.21. The smallest absolute Gasteiger partial charge is 0.251 e. The number of likely N-dealkylation sites (tertiary alicyclic amines) is 1. The van der Waals surface area contributed by atoms with Crippen molar-refractivity contribution in [2.45, 2.75) is 18.9 Å². The molecule has 6 nitrogen and oxygen atoms in total. The Kier molecular flexibility index (Phi) is 6.57. The van der Waals surface area contributed by atoms with Crippen LogP contribution in [0.15, 0.2) is 46.9 Å². The maximum absolute atomic E-state index is 12.8. The number of nitrogens with zero attached hydrogens (tertiary/aromatic N) is 1. The summed E-state index contributed by atoms with van der Waals surface area (Å²) < 4.78 is 11.7. The number of halogens is 1. The standard InChI is InChI=1S/C21H23BrN2O4/c1-27-16-9-10-19(28-2)17(12-16)18-4-3-11-24(18)20(25)13-23-21(26)14-5-7-15(22)8-6-14/h5-10,12,18H,3-4,11,13H2,1-2H3,(H,23,26). The van der Waals surface area contributed by atoms with E-state index >= 15 is 0 Å². The summed E-state index contributed by atoms with van der Waals surface area (Å²) in [5.41, 5.74) is 1.44. The summed E-state index contributed by atoms with van der Waals surface area (Å²) >= 11 is 3.34. The van der Waals surface area contributed by atoms with Crippen LogP contribution >= 0.6 is 15.9 Å². The highest BCUT2D eigenvalue weighted by atomic mass is 79.9. The van der Waals surface area contributed by atoms with Crippen LogP contribution in [0.2, 0.25) is 0 Å². The molecule has 2 aromatic rings. The van der Waals surface area contributed by atoms with Crippen LogP contribution in [0.4, 0.5) is 0 Å². The molecule has 1 fully saturated rings. The van der Waals surface area contributed by atoms with Gasteiger partial charge in [0.25, 0.3) is 5.91 Å². The Bertz CT molecular complexity index is 854. The molecule has 0 saturated carbocycles. The van der Waals surface area contributed by atoms with Crippen molar-refractivity contribution < 1.29 is 19.1 Å². The molecule has 3 rings (SSSR count). The Morgan fingerprint density at radius 2 is 1.89 bits per heavy atom. The molecule has 1 N–H and O–H groups in total. The van der Waals surface area contributed by atoms with Crippen molar-refractivity contribution in [2.24, 2.45) is 0 Å². The summed E-state index contributed by atoms with van der Waals surface area (Å²) in [6, 6.07) is 12.5. The molecular formula is C21H23BrN2O4. The molecule has 28 heavy (non-hydrogen) atoms. The van der Waals surface area contributed by atoms with Crippen LogP contribution in [0.1, 0.15) is 34.8 Å². The number of carbonyl (C=O) groups excluding carboxylic acids is 2. The van der Waals surface area contributed by atoms with Gasteiger partial charge in [0.15, 0.2) is 0 Å². The molecule has 1 aliphatic heterocycles. The van der Waals surface area contributed by atoms with Crippen LogP contribution in [0.25, 0.3) is 0 Å². The van der Waals surface area contributed by atoms with Crippen molar-refractivity contribution in [3.05, 3.63) is 58.1 Å². The van der Waals surface area contributed by atoms with Gasteiger partial charge in [0.1, 0.15) is 11.5 Å². The third-order valence-electron chi connectivity index (χ3n) is 4.88. The zero-order chi connectivity index (χ0) is 20.1. The Labute approximate surface area is 172 Å². The summed E-state index contributed by atoms with van der Waals surface area (Å²) in [6.45, 7) is 0.607. The van der Waals surface area contributed by atoms with Crippen molar-refractivity contribution in [2.75, 3.05) is 27.3 Å². The van der Waals surface area contributed by atoms with Gasteiger partial charge in [-0.2, -0.15) is 0 Å². The van der Waals surface area contributed by atoms with E-state index in [9.17, 15) is 9.59 Å². The van der Waals surface area contributed by atoms with E-state index in [2.05, 4.69) is 21.2 Å². The molecule has 7 heteroatoms. The van der Waals surface area contributed by atoms with E-state index < -0.39 is 0 Å². The number of benzene rings is 2. The van der Waals surface area contributed by atoms with Gasteiger partial charge in [0.05, 0.1) is 26.8 Å². The maximum Gasteiger partial charge on any atom is 0.251 e. The van der Waals surface area contributed by atoms with E-state index in [1.54, 1.807) is 43.4 Å². The number of ether oxygens (including phenoxy) is 2. The first-order valence-corrected chi connectivity index (χ1v) is 9.88. The first kappa shape index (κ1) is 20.2. The SMILES string of the molecule is COc1ccc(OC)c(C2CCCN2C(=O)CNC(=O)c2ccc(Br)cc2)c1. The molecular weight excluding hydrogens is 424 g/mol. The quantitative estimate of drug-likeness (QED) is 0.736. The zero-order valence-corrected chi connectivity index (χ0v) is 17.5. The summed E-state index contributed by atoms with van der Waals surface area (Å²) in [6.07, 6.45) is 1.74. The lowest BCUT2D eigenvalue weighted by Crippen LogP contribution is -2.39. The van der Waals surface area contributed by atoms with Gasteiger partial charge in [0.2, 0.25) is 5.91 Å². The Balaban J connectivity index is 1.69. The number of amides is 2. The lowest BCUT2D eigenvalue weighted by atomic mass is 10.0.